The number of fused-ring (bicyclic) bond motifs is 2. The van der Waals surface area contributed by atoms with Gasteiger partial charge in [-0.15, -0.1) is 0 Å². The molecule has 0 bridgehead atoms. The highest BCUT2D eigenvalue weighted by Gasteiger charge is 2.14. The number of benzene rings is 2. The Labute approximate surface area is 153 Å². The number of nitrogens with one attached hydrogen (secondary N) is 2. The Morgan fingerprint density at radius 2 is 1.85 bits per heavy atom. The van der Waals surface area contributed by atoms with Crippen molar-refractivity contribution in [3.63, 3.8) is 0 Å². The molecule has 4 nitrogen and oxygen atoms in total. The Morgan fingerprint density at radius 1 is 1.00 bits per heavy atom. The van der Waals surface area contributed by atoms with Gasteiger partial charge in [-0.25, -0.2) is 4.79 Å². The fourth-order valence-corrected chi connectivity index (χ4v) is 3.74. The van der Waals surface area contributed by atoms with Crippen LogP contribution in [0.3, 0.4) is 0 Å². The first-order valence-electron chi connectivity index (χ1n) is 9.29. The molecule has 132 valence electrons. The summed E-state index contributed by atoms with van der Waals surface area (Å²) < 4.78 is 0. The predicted octanol–water partition coefficient (Wildman–Crippen LogP) is 4.48. The van der Waals surface area contributed by atoms with Gasteiger partial charge in [-0.1, -0.05) is 36.4 Å². The first-order chi connectivity index (χ1) is 12.8. The number of urea groups is 1. The number of amides is 2. The van der Waals surface area contributed by atoms with Gasteiger partial charge in [0.25, 0.3) is 0 Å². The van der Waals surface area contributed by atoms with Crippen LogP contribution >= 0.6 is 0 Å². The molecule has 1 heterocycles. The van der Waals surface area contributed by atoms with E-state index < -0.39 is 0 Å². The number of pyridine rings is 1. The molecular formula is C22H23N3O. The summed E-state index contributed by atoms with van der Waals surface area (Å²) in [6, 6.07) is 16.2. The van der Waals surface area contributed by atoms with Crippen LogP contribution in [0.2, 0.25) is 0 Å². The summed E-state index contributed by atoms with van der Waals surface area (Å²) >= 11 is 0. The molecule has 0 fully saturated rings. The maximum atomic E-state index is 12.3. The molecule has 3 aromatic rings. The second-order valence-corrected chi connectivity index (χ2v) is 6.77. The number of carbonyl (C=O) groups is 1. The minimum Gasteiger partial charge on any atom is -0.338 e. The van der Waals surface area contributed by atoms with Crippen LogP contribution in [0.4, 0.5) is 10.5 Å². The lowest BCUT2D eigenvalue weighted by Gasteiger charge is -2.19. The van der Waals surface area contributed by atoms with Crippen LogP contribution in [0.25, 0.3) is 10.9 Å². The zero-order chi connectivity index (χ0) is 17.8. The van der Waals surface area contributed by atoms with Crippen molar-refractivity contribution in [3.8, 4) is 0 Å². The number of hydrogen-bond acceptors (Lipinski definition) is 2. The van der Waals surface area contributed by atoms with Crippen molar-refractivity contribution in [2.75, 3.05) is 11.9 Å². The first-order valence-corrected chi connectivity index (χ1v) is 9.29. The van der Waals surface area contributed by atoms with E-state index in [1.165, 1.54) is 24.0 Å². The summed E-state index contributed by atoms with van der Waals surface area (Å²) in [5.41, 5.74) is 5.78. The number of carbonyl (C=O) groups excluding carboxylic acids is 1. The van der Waals surface area contributed by atoms with E-state index in [1.807, 2.05) is 30.5 Å². The second kappa shape index (κ2) is 7.56. The van der Waals surface area contributed by atoms with E-state index in [1.54, 1.807) is 0 Å². The van der Waals surface area contributed by atoms with Crippen LogP contribution < -0.4 is 10.6 Å². The highest BCUT2D eigenvalue weighted by molar-refractivity contribution is 5.90. The topological polar surface area (TPSA) is 54.0 Å². The van der Waals surface area contributed by atoms with Crippen LogP contribution in [0.5, 0.6) is 0 Å². The number of anilines is 1. The van der Waals surface area contributed by atoms with Gasteiger partial charge >= 0.3 is 6.03 Å². The van der Waals surface area contributed by atoms with Crippen LogP contribution in [-0.2, 0) is 19.3 Å². The van der Waals surface area contributed by atoms with Gasteiger partial charge < -0.3 is 10.6 Å². The van der Waals surface area contributed by atoms with Crippen molar-refractivity contribution in [1.82, 2.24) is 10.3 Å². The third kappa shape index (κ3) is 3.54. The molecule has 0 spiro atoms. The van der Waals surface area contributed by atoms with Crippen molar-refractivity contribution >= 4 is 22.6 Å². The van der Waals surface area contributed by atoms with Crippen LogP contribution in [-0.4, -0.2) is 17.6 Å². The Bertz CT molecular complexity index is 930. The van der Waals surface area contributed by atoms with Gasteiger partial charge in [0.15, 0.2) is 0 Å². The average Bonchev–Trinajstić information content (AvgIpc) is 2.68. The molecule has 26 heavy (non-hydrogen) atoms. The van der Waals surface area contributed by atoms with Gasteiger partial charge in [-0.05, 0) is 60.9 Å². The van der Waals surface area contributed by atoms with Crippen molar-refractivity contribution in [1.29, 1.82) is 0 Å². The van der Waals surface area contributed by atoms with Gasteiger partial charge in [0.05, 0.1) is 5.52 Å². The number of para-hydroxylation sites is 1. The first kappa shape index (κ1) is 16.6. The maximum Gasteiger partial charge on any atom is 0.319 e. The van der Waals surface area contributed by atoms with E-state index in [0.717, 1.165) is 41.4 Å². The van der Waals surface area contributed by atoms with E-state index in [4.69, 9.17) is 0 Å². The Morgan fingerprint density at radius 3 is 2.81 bits per heavy atom. The highest BCUT2D eigenvalue weighted by Crippen LogP contribution is 2.27. The number of aryl methyl sites for hydroxylation is 1. The molecule has 1 aliphatic carbocycles. The molecule has 4 heteroatoms. The van der Waals surface area contributed by atoms with Crippen molar-refractivity contribution in [3.05, 3.63) is 71.4 Å². The molecule has 0 atom stereocenters. The zero-order valence-electron chi connectivity index (χ0n) is 14.8. The molecule has 0 radical (unpaired) electrons. The maximum absolute atomic E-state index is 12.3. The SMILES string of the molecule is O=C(NCCc1cccc2cccnc12)Nc1cccc2c1CCCC2. The fourth-order valence-electron chi connectivity index (χ4n) is 3.74. The summed E-state index contributed by atoms with van der Waals surface area (Å²) in [5.74, 6) is 0. The van der Waals surface area contributed by atoms with Crippen molar-refractivity contribution in [2.24, 2.45) is 0 Å². The third-order valence-electron chi connectivity index (χ3n) is 5.04. The third-order valence-corrected chi connectivity index (χ3v) is 5.04. The fraction of sp³-hybridized carbons (Fsp3) is 0.273. The zero-order valence-corrected chi connectivity index (χ0v) is 14.8. The minimum atomic E-state index is -0.142. The van der Waals surface area contributed by atoms with Gasteiger partial charge in [-0.3, -0.25) is 4.98 Å². The molecular weight excluding hydrogens is 322 g/mol. The summed E-state index contributed by atoms with van der Waals surface area (Å²) in [7, 11) is 0. The monoisotopic (exact) mass is 345 g/mol. The quantitative estimate of drug-likeness (QED) is 0.732. The summed E-state index contributed by atoms with van der Waals surface area (Å²) in [5, 5.41) is 7.13. The predicted molar refractivity (Wildman–Crippen MR) is 106 cm³/mol. The number of rotatable bonds is 4. The van der Waals surface area contributed by atoms with E-state index in [0.29, 0.717) is 6.54 Å². The summed E-state index contributed by atoms with van der Waals surface area (Å²) in [4.78, 5) is 16.8. The van der Waals surface area contributed by atoms with E-state index >= 15 is 0 Å². The molecule has 0 saturated heterocycles. The number of nitrogens with zero attached hydrogens (tertiary/aromatic N) is 1. The molecule has 2 amide bonds. The van der Waals surface area contributed by atoms with Crippen LogP contribution in [0.1, 0.15) is 29.5 Å². The average molecular weight is 345 g/mol. The highest BCUT2D eigenvalue weighted by atomic mass is 16.2. The molecule has 1 aromatic heterocycles. The van der Waals surface area contributed by atoms with Crippen LogP contribution in [0, 0.1) is 0 Å². The molecule has 2 N–H and O–H groups in total. The standard InChI is InChI=1S/C22H23N3O/c26-22(25-20-12-4-7-16-6-1-2-11-19(16)20)24-15-13-18-9-3-8-17-10-5-14-23-21(17)18/h3-5,7-10,12,14H,1-2,6,11,13,15H2,(H2,24,25,26). The van der Waals surface area contributed by atoms with E-state index in [9.17, 15) is 4.79 Å². The number of aromatic nitrogens is 1. The second-order valence-electron chi connectivity index (χ2n) is 6.77. The normalized spacial score (nSPS) is 13.2. The number of hydrogen-bond donors (Lipinski definition) is 2. The van der Waals surface area contributed by atoms with Crippen LogP contribution in [0.15, 0.2) is 54.7 Å². The lowest BCUT2D eigenvalue weighted by Crippen LogP contribution is -2.31. The lowest BCUT2D eigenvalue weighted by molar-refractivity contribution is 0.252. The molecule has 4 rings (SSSR count). The Balaban J connectivity index is 1.37. The Hall–Kier alpha value is -2.88. The largest absolute Gasteiger partial charge is 0.338 e. The Kier molecular flexibility index (Phi) is 4.82. The summed E-state index contributed by atoms with van der Waals surface area (Å²) in [6.45, 7) is 0.580. The molecule has 2 aromatic carbocycles. The smallest absolute Gasteiger partial charge is 0.319 e. The van der Waals surface area contributed by atoms with Gasteiger partial charge in [0.1, 0.15) is 0 Å². The van der Waals surface area contributed by atoms with Crippen molar-refractivity contribution < 1.29 is 4.79 Å². The van der Waals surface area contributed by atoms with E-state index in [-0.39, 0.29) is 6.03 Å². The molecule has 0 saturated carbocycles. The summed E-state index contributed by atoms with van der Waals surface area (Å²) in [6.07, 6.45) is 7.16. The molecule has 0 aliphatic heterocycles. The lowest BCUT2D eigenvalue weighted by atomic mass is 9.90. The van der Waals surface area contributed by atoms with Gasteiger partial charge in [-0.2, -0.15) is 0 Å². The molecule has 0 unspecified atom stereocenters. The van der Waals surface area contributed by atoms with Crippen molar-refractivity contribution in [2.45, 2.75) is 32.1 Å². The molecule has 1 aliphatic rings. The van der Waals surface area contributed by atoms with Gasteiger partial charge in [0.2, 0.25) is 0 Å². The van der Waals surface area contributed by atoms with Gasteiger partial charge in [0, 0.05) is 23.8 Å². The van der Waals surface area contributed by atoms with E-state index in [2.05, 4.69) is 39.9 Å². The minimum absolute atomic E-state index is 0.142.